The van der Waals surface area contributed by atoms with Crippen LogP contribution in [0.2, 0.25) is 0 Å². The van der Waals surface area contributed by atoms with Gasteiger partial charge in [0, 0.05) is 43.7 Å². The van der Waals surface area contributed by atoms with E-state index in [-0.39, 0.29) is 17.6 Å². The Balaban J connectivity index is 1.40. The highest BCUT2D eigenvalue weighted by molar-refractivity contribution is 7.15. The highest BCUT2D eigenvalue weighted by Gasteiger charge is 2.44. The van der Waals surface area contributed by atoms with Crippen LogP contribution in [0.1, 0.15) is 34.6 Å². The van der Waals surface area contributed by atoms with Crippen molar-refractivity contribution in [2.45, 2.75) is 37.8 Å². The predicted octanol–water partition coefficient (Wildman–Crippen LogP) is 1.80. The largest absolute Gasteiger partial charge is 0.373 e. The maximum atomic E-state index is 12.4. The molecule has 7 nitrogen and oxygen atoms in total. The molecule has 132 valence electrons. The van der Waals surface area contributed by atoms with Crippen LogP contribution in [-0.2, 0) is 4.74 Å². The highest BCUT2D eigenvalue weighted by Crippen LogP contribution is 2.37. The Morgan fingerprint density at radius 2 is 2.24 bits per heavy atom. The van der Waals surface area contributed by atoms with Crippen LogP contribution >= 0.6 is 11.3 Å². The first-order chi connectivity index (χ1) is 12.1. The third kappa shape index (κ3) is 3.50. The zero-order chi connectivity index (χ0) is 17.3. The molecule has 2 fully saturated rings. The molecule has 2 aliphatic heterocycles. The van der Waals surface area contributed by atoms with Gasteiger partial charge in [-0.3, -0.25) is 9.78 Å². The average Bonchev–Trinajstić information content (AvgIpc) is 3.22. The summed E-state index contributed by atoms with van der Waals surface area (Å²) in [4.78, 5) is 18.6. The smallest absolute Gasteiger partial charge is 0.251 e. The van der Waals surface area contributed by atoms with Gasteiger partial charge in [-0.25, -0.2) is 0 Å². The van der Waals surface area contributed by atoms with Crippen LogP contribution in [0.15, 0.2) is 24.5 Å². The Hall–Kier alpha value is -2.06. The van der Waals surface area contributed by atoms with Crippen molar-refractivity contribution >= 4 is 22.4 Å². The number of aromatic nitrogens is 3. The van der Waals surface area contributed by atoms with Gasteiger partial charge in [-0.2, -0.15) is 0 Å². The number of ether oxygens (including phenoxy) is 1. The first-order valence-electron chi connectivity index (χ1n) is 8.53. The van der Waals surface area contributed by atoms with Crippen molar-refractivity contribution in [1.82, 2.24) is 20.5 Å². The molecule has 1 amide bonds. The number of hydrogen-bond acceptors (Lipinski definition) is 7. The molecule has 25 heavy (non-hydrogen) atoms. The van der Waals surface area contributed by atoms with Crippen molar-refractivity contribution in [2.24, 2.45) is 0 Å². The van der Waals surface area contributed by atoms with Gasteiger partial charge in [-0.1, -0.05) is 11.3 Å². The van der Waals surface area contributed by atoms with E-state index in [0.717, 1.165) is 42.5 Å². The fourth-order valence-corrected chi connectivity index (χ4v) is 4.34. The molecule has 2 saturated heterocycles. The number of nitrogens with one attached hydrogen (secondary N) is 1. The van der Waals surface area contributed by atoms with E-state index < -0.39 is 0 Å². The molecule has 0 unspecified atom stereocenters. The molecule has 0 bridgehead atoms. The number of aryl methyl sites for hydroxylation is 1. The number of pyridine rings is 1. The molecule has 4 heterocycles. The Labute approximate surface area is 150 Å². The molecule has 2 aliphatic rings. The molecule has 0 aliphatic carbocycles. The van der Waals surface area contributed by atoms with E-state index in [9.17, 15) is 4.79 Å². The second-order valence-corrected chi connectivity index (χ2v) is 7.87. The molecule has 0 saturated carbocycles. The SMILES string of the molecule is Cc1nnc(N2CC[C@]3(C[C@H](NC(=O)c4ccncc4)CCO3)C2)s1. The molecule has 2 atom stereocenters. The van der Waals surface area contributed by atoms with Gasteiger partial charge in [0.1, 0.15) is 5.01 Å². The third-order valence-electron chi connectivity index (χ3n) is 4.87. The van der Waals surface area contributed by atoms with Crippen molar-refractivity contribution in [3.63, 3.8) is 0 Å². The predicted molar refractivity (Wildman–Crippen MR) is 94.9 cm³/mol. The number of carbonyl (C=O) groups excluding carboxylic acids is 1. The van der Waals surface area contributed by atoms with E-state index in [1.807, 2.05) is 6.92 Å². The fourth-order valence-electron chi connectivity index (χ4n) is 3.63. The number of amides is 1. The average molecular weight is 359 g/mol. The molecule has 4 rings (SSSR count). The minimum absolute atomic E-state index is 0.0425. The summed E-state index contributed by atoms with van der Waals surface area (Å²) in [5.41, 5.74) is 0.446. The Kier molecular flexibility index (Phi) is 4.39. The van der Waals surface area contributed by atoms with Gasteiger partial charge in [0.05, 0.1) is 5.60 Å². The van der Waals surface area contributed by atoms with Crippen molar-refractivity contribution in [2.75, 3.05) is 24.6 Å². The Morgan fingerprint density at radius 1 is 1.40 bits per heavy atom. The fraction of sp³-hybridized carbons (Fsp3) is 0.529. The number of anilines is 1. The van der Waals surface area contributed by atoms with E-state index >= 15 is 0 Å². The Morgan fingerprint density at radius 3 is 3.00 bits per heavy atom. The normalized spacial score (nSPS) is 26.1. The zero-order valence-corrected chi connectivity index (χ0v) is 15.0. The standard InChI is InChI=1S/C17H21N5O2S/c1-12-20-21-16(25-12)22-8-5-17(11-22)10-14(4-9-24-17)19-15(23)13-2-6-18-7-3-13/h2-3,6-7,14H,4-5,8-11H2,1H3,(H,19,23)/t14-,17+/m1/s1. The van der Waals surface area contributed by atoms with Gasteiger partial charge in [-0.15, -0.1) is 10.2 Å². The summed E-state index contributed by atoms with van der Waals surface area (Å²) < 4.78 is 6.16. The van der Waals surface area contributed by atoms with E-state index in [0.29, 0.717) is 12.2 Å². The number of hydrogen-bond donors (Lipinski definition) is 1. The van der Waals surface area contributed by atoms with Crippen LogP contribution in [0.4, 0.5) is 5.13 Å². The second kappa shape index (κ2) is 6.68. The van der Waals surface area contributed by atoms with Gasteiger partial charge >= 0.3 is 0 Å². The lowest BCUT2D eigenvalue weighted by molar-refractivity contribution is -0.0720. The lowest BCUT2D eigenvalue weighted by Crippen LogP contribution is -2.50. The minimum atomic E-state index is -0.200. The number of nitrogens with zero attached hydrogens (tertiary/aromatic N) is 4. The van der Waals surface area contributed by atoms with Gasteiger partial charge in [0.25, 0.3) is 5.91 Å². The lowest BCUT2D eigenvalue weighted by atomic mass is 9.89. The molecule has 0 radical (unpaired) electrons. The summed E-state index contributed by atoms with van der Waals surface area (Å²) in [5, 5.41) is 13.4. The molecule has 2 aromatic heterocycles. The summed E-state index contributed by atoms with van der Waals surface area (Å²) in [7, 11) is 0. The van der Waals surface area contributed by atoms with Crippen LogP contribution in [0, 0.1) is 6.92 Å². The first kappa shape index (κ1) is 16.4. The van der Waals surface area contributed by atoms with Crippen LogP contribution in [-0.4, -0.2) is 52.4 Å². The summed E-state index contributed by atoms with van der Waals surface area (Å²) in [6, 6.07) is 3.60. The Bertz CT molecular complexity index is 753. The molecule has 1 N–H and O–H groups in total. The van der Waals surface area contributed by atoms with E-state index in [1.165, 1.54) is 0 Å². The maximum Gasteiger partial charge on any atom is 0.251 e. The van der Waals surface area contributed by atoms with Crippen LogP contribution in [0.5, 0.6) is 0 Å². The monoisotopic (exact) mass is 359 g/mol. The molecule has 8 heteroatoms. The molecular formula is C17H21N5O2S. The lowest BCUT2D eigenvalue weighted by Gasteiger charge is -2.38. The highest BCUT2D eigenvalue weighted by atomic mass is 32.1. The topological polar surface area (TPSA) is 80.2 Å². The maximum absolute atomic E-state index is 12.4. The molecular weight excluding hydrogens is 338 g/mol. The molecule has 1 spiro atoms. The van der Waals surface area contributed by atoms with Crippen LogP contribution in [0.25, 0.3) is 0 Å². The summed E-state index contributed by atoms with van der Waals surface area (Å²) in [6.07, 6.45) is 5.90. The minimum Gasteiger partial charge on any atom is -0.373 e. The zero-order valence-electron chi connectivity index (χ0n) is 14.1. The second-order valence-electron chi connectivity index (χ2n) is 6.71. The number of carbonyl (C=O) groups is 1. The van der Waals surface area contributed by atoms with E-state index in [1.54, 1.807) is 35.9 Å². The van der Waals surface area contributed by atoms with E-state index in [4.69, 9.17) is 4.74 Å². The third-order valence-corrected chi connectivity index (χ3v) is 5.77. The molecule has 2 aromatic rings. The van der Waals surface area contributed by atoms with Crippen molar-refractivity contribution in [3.8, 4) is 0 Å². The van der Waals surface area contributed by atoms with Crippen molar-refractivity contribution < 1.29 is 9.53 Å². The van der Waals surface area contributed by atoms with Gasteiger partial charge < -0.3 is 15.0 Å². The van der Waals surface area contributed by atoms with Gasteiger partial charge in [-0.05, 0) is 38.3 Å². The molecule has 0 aromatic carbocycles. The summed E-state index contributed by atoms with van der Waals surface area (Å²) in [5.74, 6) is -0.0425. The quantitative estimate of drug-likeness (QED) is 0.900. The first-order valence-corrected chi connectivity index (χ1v) is 9.35. The van der Waals surface area contributed by atoms with E-state index in [2.05, 4.69) is 25.4 Å². The van der Waals surface area contributed by atoms with Gasteiger partial charge in [0.15, 0.2) is 0 Å². The summed E-state index contributed by atoms with van der Waals surface area (Å²) in [6.45, 7) is 4.36. The van der Waals surface area contributed by atoms with Gasteiger partial charge in [0.2, 0.25) is 5.13 Å². The van der Waals surface area contributed by atoms with Crippen LogP contribution in [0.3, 0.4) is 0 Å². The summed E-state index contributed by atoms with van der Waals surface area (Å²) >= 11 is 1.61. The number of rotatable bonds is 3. The van der Waals surface area contributed by atoms with Crippen molar-refractivity contribution in [1.29, 1.82) is 0 Å². The van der Waals surface area contributed by atoms with Crippen LogP contribution < -0.4 is 10.2 Å². The van der Waals surface area contributed by atoms with Crippen molar-refractivity contribution in [3.05, 3.63) is 35.1 Å².